The second kappa shape index (κ2) is 6.33. The van der Waals surface area contributed by atoms with Gasteiger partial charge in [0.25, 0.3) is 0 Å². The number of fused-ring (bicyclic) bond motifs is 1. The molecule has 0 fully saturated rings. The molecule has 0 atom stereocenters. The van der Waals surface area contributed by atoms with E-state index < -0.39 is 23.8 Å². The van der Waals surface area contributed by atoms with Crippen molar-refractivity contribution in [2.45, 2.75) is 45.5 Å². The predicted molar refractivity (Wildman–Crippen MR) is 81.5 cm³/mol. The summed E-state index contributed by atoms with van der Waals surface area (Å²) in [6.45, 7) is 5.04. The number of benzene rings is 1. The Labute approximate surface area is 137 Å². The van der Waals surface area contributed by atoms with Gasteiger partial charge in [-0.25, -0.2) is 4.79 Å². The lowest BCUT2D eigenvalue weighted by molar-refractivity contribution is -0.186. The van der Waals surface area contributed by atoms with Crippen molar-refractivity contribution in [3.8, 4) is 0 Å². The van der Waals surface area contributed by atoms with Crippen LogP contribution in [0.1, 0.15) is 31.9 Å². The molecule has 0 bridgehead atoms. The molecule has 2 amide bonds. The molecule has 1 heterocycles. The third-order valence-corrected chi connectivity index (χ3v) is 3.39. The molecule has 24 heavy (non-hydrogen) atoms. The third-order valence-electron chi connectivity index (χ3n) is 3.39. The summed E-state index contributed by atoms with van der Waals surface area (Å²) in [6.07, 6.45) is -5.20. The van der Waals surface area contributed by atoms with Crippen LogP contribution in [0.25, 0.3) is 0 Å². The van der Waals surface area contributed by atoms with E-state index in [9.17, 15) is 22.8 Å². The number of ether oxygens (including phenoxy) is 1. The Kier molecular flexibility index (Phi) is 4.77. The van der Waals surface area contributed by atoms with Gasteiger partial charge < -0.3 is 9.64 Å². The number of halogens is 3. The van der Waals surface area contributed by atoms with Crippen LogP contribution in [0.4, 0.5) is 23.7 Å². The number of rotatable bonds is 1. The lowest BCUT2D eigenvalue weighted by Crippen LogP contribution is -2.43. The highest BCUT2D eigenvalue weighted by atomic mass is 19.4. The van der Waals surface area contributed by atoms with E-state index in [4.69, 9.17) is 4.74 Å². The number of carbonyl (C=O) groups is 2. The van der Waals surface area contributed by atoms with Crippen LogP contribution < -0.4 is 5.32 Å². The summed E-state index contributed by atoms with van der Waals surface area (Å²) in [5.74, 6) is -1.85. The second-order valence-electron chi connectivity index (χ2n) is 6.58. The molecule has 1 aliphatic heterocycles. The lowest BCUT2D eigenvalue weighted by Gasteiger charge is -2.29. The van der Waals surface area contributed by atoms with Gasteiger partial charge in [0, 0.05) is 18.8 Å². The van der Waals surface area contributed by atoms with E-state index in [1.165, 1.54) is 0 Å². The normalized spacial score (nSPS) is 14.8. The Balaban J connectivity index is 2.11. The minimum Gasteiger partial charge on any atom is -0.444 e. The summed E-state index contributed by atoms with van der Waals surface area (Å²) in [5, 5.41) is 2.54. The van der Waals surface area contributed by atoms with Crippen molar-refractivity contribution in [1.82, 2.24) is 4.90 Å². The molecule has 2 rings (SSSR count). The fraction of sp³-hybridized carbons (Fsp3) is 0.500. The standard InChI is InChI=1S/C16H19F3N2O3/c1-15(2,3)24-14(23)20-12-5-4-10-6-7-21(9-11(10)8-12)13(22)16(17,18)19/h4-5,8H,6-7,9H2,1-3H3,(H,20,23). The second-order valence-corrected chi connectivity index (χ2v) is 6.58. The number of hydrogen-bond donors (Lipinski definition) is 1. The van der Waals surface area contributed by atoms with Gasteiger partial charge in [0.2, 0.25) is 0 Å². The third kappa shape index (κ3) is 4.62. The molecule has 0 radical (unpaired) electrons. The number of hydrogen-bond acceptors (Lipinski definition) is 3. The van der Waals surface area contributed by atoms with E-state index >= 15 is 0 Å². The SMILES string of the molecule is CC(C)(C)OC(=O)Nc1ccc2c(c1)CN(C(=O)C(F)(F)F)CC2. The molecule has 1 aromatic carbocycles. The molecule has 0 aliphatic carbocycles. The van der Waals surface area contributed by atoms with Crippen LogP contribution >= 0.6 is 0 Å². The monoisotopic (exact) mass is 344 g/mol. The molecule has 0 aromatic heterocycles. The maximum Gasteiger partial charge on any atom is 0.471 e. The maximum atomic E-state index is 12.6. The molecule has 0 saturated heterocycles. The van der Waals surface area contributed by atoms with Gasteiger partial charge in [0.15, 0.2) is 0 Å². The zero-order chi connectivity index (χ0) is 18.1. The van der Waals surface area contributed by atoms with E-state index in [0.717, 1.165) is 10.5 Å². The van der Waals surface area contributed by atoms with Crippen molar-refractivity contribution in [1.29, 1.82) is 0 Å². The highest BCUT2D eigenvalue weighted by molar-refractivity contribution is 5.85. The summed E-state index contributed by atoms with van der Waals surface area (Å²) in [6, 6.07) is 4.95. The van der Waals surface area contributed by atoms with E-state index in [1.807, 2.05) is 0 Å². The molecule has 1 aliphatic rings. The first-order valence-electron chi connectivity index (χ1n) is 7.43. The largest absolute Gasteiger partial charge is 0.471 e. The number of carbonyl (C=O) groups excluding carboxylic acids is 2. The molecule has 1 N–H and O–H groups in total. The molecule has 5 nitrogen and oxygen atoms in total. The van der Waals surface area contributed by atoms with Gasteiger partial charge in [-0.05, 0) is 50.5 Å². The van der Waals surface area contributed by atoms with Crippen LogP contribution in [0.2, 0.25) is 0 Å². The zero-order valence-electron chi connectivity index (χ0n) is 13.7. The summed E-state index contributed by atoms with van der Waals surface area (Å²) in [5.41, 5.74) is 1.18. The first-order chi connectivity index (χ1) is 11.0. The van der Waals surface area contributed by atoms with Gasteiger partial charge in [-0.2, -0.15) is 13.2 Å². The molecule has 1 aromatic rings. The Hall–Kier alpha value is -2.25. The van der Waals surface area contributed by atoms with Gasteiger partial charge in [-0.3, -0.25) is 10.1 Å². The van der Waals surface area contributed by atoms with Crippen molar-refractivity contribution in [2.24, 2.45) is 0 Å². The van der Waals surface area contributed by atoms with Crippen LogP contribution in [0.5, 0.6) is 0 Å². The fourth-order valence-corrected chi connectivity index (χ4v) is 2.41. The van der Waals surface area contributed by atoms with Gasteiger partial charge in [-0.15, -0.1) is 0 Å². The number of anilines is 1. The van der Waals surface area contributed by atoms with Crippen LogP contribution in [0.15, 0.2) is 18.2 Å². The number of nitrogens with one attached hydrogen (secondary N) is 1. The molecular weight excluding hydrogens is 325 g/mol. The van der Waals surface area contributed by atoms with Crippen molar-refractivity contribution in [3.05, 3.63) is 29.3 Å². The van der Waals surface area contributed by atoms with Crippen molar-refractivity contribution in [3.63, 3.8) is 0 Å². The molecule has 0 saturated carbocycles. The fourth-order valence-electron chi connectivity index (χ4n) is 2.41. The lowest BCUT2D eigenvalue weighted by atomic mass is 9.99. The minimum absolute atomic E-state index is 0.0180. The van der Waals surface area contributed by atoms with Crippen LogP contribution in [-0.2, 0) is 22.5 Å². The zero-order valence-corrected chi connectivity index (χ0v) is 13.7. The van der Waals surface area contributed by atoms with E-state index in [1.54, 1.807) is 39.0 Å². The first kappa shape index (κ1) is 18.1. The summed E-state index contributed by atoms with van der Waals surface area (Å²) in [7, 11) is 0. The number of amides is 2. The van der Waals surface area contributed by atoms with Crippen LogP contribution in [-0.4, -0.2) is 35.2 Å². The van der Waals surface area contributed by atoms with Crippen LogP contribution in [0.3, 0.4) is 0 Å². The highest BCUT2D eigenvalue weighted by Gasteiger charge is 2.43. The summed E-state index contributed by atoms with van der Waals surface area (Å²) >= 11 is 0. The molecule has 132 valence electrons. The summed E-state index contributed by atoms with van der Waals surface area (Å²) in [4.78, 5) is 23.9. The van der Waals surface area contributed by atoms with Crippen molar-refractivity contribution in [2.75, 3.05) is 11.9 Å². The van der Waals surface area contributed by atoms with Gasteiger partial charge in [0.1, 0.15) is 5.60 Å². The Bertz CT molecular complexity index is 651. The van der Waals surface area contributed by atoms with E-state index in [2.05, 4.69) is 5.32 Å². The van der Waals surface area contributed by atoms with Crippen molar-refractivity contribution >= 4 is 17.7 Å². The van der Waals surface area contributed by atoms with Crippen LogP contribution in [0, 0.1) is 0 Å². The Morgan fingerprint density at radius 3 is 2.42 bits per heavy atom. The van der Waals surface area contributed by atoms with Crippen molar-refractivity contribution < 1.29 is 27.5 Å². The molecular formula is C16H19F3N2O3. The van der Waals surface area contributed by atoms with Gasteiger partial charge >= 0.3 is 18.2 Å². The molecule has 0 unspecified atom stereocenters. The smallest absolute Gasteiger partial charge is 0.444 e. The average molecular weight is 344 g/mol. The van der Waals surface area contributed by atoms with Gasteiger partial charge in [-0.1, -0.05) is 6.07 Å². The molecule has 0 spiro atoms. The average Bonchev–Trinajstić information content (AvgIpc) is 2.42. The van der Waals surface area contributed by atoms with E-state index in [-0.39, 0.29) is 13.1 Å². The predicted octanol–water partition coefficient (Wildman–Crippen LogP) is 3.48. The minimum atomic E-state index is -4.89. The Morgan fingerprint density at radius 1 is 1.17 bits per heavy atom. The molecule has 8 heteroatoms. The van der Waals surface area contributed by atoms with E-state index in [0.29, 0.717) is 17.7 Å². The van der Waals surface area contributed by atoms with Gasteiger partial charge in [0.05, 0.1) is 0 Å². The number of nitrogens with zero attached hydrogens (tertiary/aromatic N) is 1. The maximum absolute atomic E-state index is 12.6. The topological polar surface area (TPSA) is 58.6 Å². The Morgan fingerprint density at radius 2 is 1.83 bits per heavy atom. The highest BCUT2D eigenvalue weighted by Crippen LogP contribution is 2.27. The quantitative estimate of drug-likeness (QED) is 0.848. The summed E-state index contributed by atoms with van der Waals surface area (Å²) < 4.78 is 42.8. The number of alkyl halides is 3. The first-order valence-corrected chi connectivity index (χ1v) is 7.43.